The summed E-state index contributed by atoms with van der Waals surface area (Å²) in [4.78, 5) is 2.60. The summed E-state index contributed by atoms with van der Waals surface area (Å²) in [6.45, 7) is 9.67. The molecule has 138 valence electrons. The number of aryl methyl sites for hydroxylation is 3. The van der Waals surface area contributed by atoms with Crippen LogP contribution < -0.4 is 0 Å². The molecule has 1 aliphatic heterocycles. The summed E-state index contributed by atoms with van der Waals surface area (Å²) in [7, 11) is -1.56. The summed E-state index contributed by atoms with van der Waals surface area (Å²) < 4.78 is 30.9. The van der Waals surface area contributed by atoms with Gasteiger partial charge in [-0.2, -0.15) is 14.5 Å². The lowest BCUT2D eigenvalue weighted by molar-refractivity contribution is 0.181. The first-order valence-corrected chi connectivity index (χ1v) is 10.0. The zero-order valence-electron chi connectivity index (χ0n) is 15.3. The Morgan fingerprint density at radius 2 is 1.84 bits per heavy atom. The summed E-state index contributed by atoms with van der Waals surface area (Å²) in [5.41, 5.74) is 2.93. The number of nitrogens with zero attached hydrogens (tertiary/aromatic N) is 6. The van der Waals surface area contributed by atoms with Gasteiger partial charge in [0.2, 0.25) is 10.0 Å². The second-order valence-electron chi connectivity index (χ2n) is 6.50. The minimum atomic E-state index is -3.48. The lowest BCUT2D eigenvalue weighted by Crippen LogP contribution is -2.48. The van der Waals surface area contributed by atoms with Crippen LogP contribution in [0.2, 0.25) is 0 Å². The Labute approximate surface area is 149 Å². The highest BCUT2D eigenvalue weighted by Gasteiger charge is 2.31. The van der Waals surface area contributed by atoms with Crippen LogP contribution in [-0.2, 0) is 30.2 Å². The summed E-state index contributed by atoms with van der Waals surface area (Å²) in [6, 6.07) is 0. The van der Waals surface area contributed by atoms with Gasteiger partial charge in [0.1, 0.15) is 4.90 Å². The highest BCUT2D eigenvalue weighted by Crippen LogP contribution is 2.21. The minimum absolute atomic E-state index is 0.325. The molecular weight excluding hydrogens is 340 g/mol. The van der Waals surface area contributed by atoms with Crippen LogP contribution in [0.4, 0.5) is 0 Å². The first kappa shape index (κ1) is 18.1. The van der Waals surface area contributed by atoms with Gasteiger partial charge in [-0.3, -0.25) is 14.3 Å². The molecule has 0 amide bonds. The van der Waals surface area contributed by atoms with E-state index in [-0.39, 0.29) is 0 Å². The average Bonchev–Trinajstić information content (AvgIpc) is 3.10. The molecule has 8 nitrogen and oxygen atoms in total. The van der Waals surface area contributed by atoms with E-state index in [4.69, 9.17) is 0 Å². The minimum Gasteiger partial charge on any atom is -0.296 e. The Hall–Kier alpha value is -1.71. The molecular formula is C16H26N6O2S. The van der Waals surface area contributed by atoms with Gasteiger partial charge in [0.25, 0.3) is 0 Å². The van der Waals surface area contributed by atoms with Crippen LogP contribution in [0.25, 0.3) is 0 Å². The first-order chi connectivity index (χ1) is 11.8. The number of rotatable bonds is 5. The van der Waals surface area contributed by atoms with Crippen LogP contribution in [0.1, 0.15) is 23.9 Å². The van der Waals surface area contributed by atoms with Crippen molar-refractivity contribution >= 4 is 10.0 Å². The molecule has 1 aliphatic rings. The fourth-order valence-corrected chi connectivity index (χ4v) is 4.89. The van der Waals surface area contributed by atoms with Crippen molar-refractivity contribution in [1.82, 2.24) is 28.8 Å². The maximum absolute atomic E-state index is 12.9. The Morgan fingerprint density at radius 1 is 1.16 bits per heavy atom. The summed E-state index contributed by atoms with van der Waals surface area (Å²) in [6.07, 6.45) is 3.50. The molecule has 1 saturated heterocycles. The normalized spacial score (nSPS) is 17.3. The molecule has 3 rings (SSSR count). The SMILES string of the molecule is CCn1ncc(S(=O)(=O)N2CCN(Cc3cn(C)nc3C)CC2)c1C. The molecule has 0 aliphatic carbocycles. The van der Waals surface area contributed by atoms with E-state index in [0.717, 1.165) is 12.2 Å². The molecule has 0 atom stereocenters. The van der Waals surface area contributed by atoms with Crippen LogP contribution in [0.3, 0.4) is 0 Å². The topological polar surface area (TPSA) is 76.3 Å². The predicted octanol–water partition coefficient (Wildman–Crippen LogP) is 0.760. The third kappa shape index (κ3) is 3.49. The zero-order valence-corrected chi connectivity index (χ0v) is 16.1. The fourth-order valence-electron chi connectivity index (χ4n) is 3.31. The van der Waals surface area contributed by atoms with Crippen LogP contribution in [0, 0.1) is 13.8 Å². The fraction of sp³-hybridized carbons (Fsp3) is 0.625. The lowest BCUT2D eigenvalue weighted by Gasteiger charge is -2.33. The van der Waals surface area contributed by atoms with Crippen molar-refractivity contribution in [1.29, 1.82) is 0 Å². The molecule has 0 spiro atoms. The van der Waals surface area contributed by atoms with Crippen molar-refractivity contribution in [2.24, 2.45) is 7.05 Å². The molecule has 2 aromatic heterocycles. The van der Waals surface area contributed by atoms with E-state index < -0.39 is 10.0 Å². The van der Waals surface area contributed by atoms with Crippen molar-refractivity contribution < 1.29 is 8.42 Å². The van der Waals surface area contributed by atoms with E-state index >= 15 is 0 Å². The van der Waals surface area contributed by atoms with Gasteiger partial charge in [0.05, 0.1) is 17.6 Å². The largest absolute Gasteiger partial charge is 0.296 e. The summed E-state index contributed by atoms with van der Waals surface area (Å²) in [5.74, 6) is 0. The smallest absolute Gasteiger partial charge is 0.246 e. The molecule has 1 fully saturated rings. The van der Waals surface area contributed by atoms with Crippen molar-refractivity contribution in [3.8, 4) is 0 Å². The third-order valence-corrected chi connectivity index (χ3v) is 6.82. The molecule has 3 heterocycles. The van der Waals surface area contributed by atoms with Crippen molar-refractivity contribution in [2.45, 2.75) is 38.8 Å². The van der Waals surface area contributed by atoms with E-state index in [0.29, 0.717) is 43.3 Å². The van der Waals surface area contributed by atoms with Gasteiger partial charge in [-0.1, -0.05) is 0 Å². The highest BCUT2D eigenvalue weighted by molar-refractivity contribution is 7.89. The molecule has 0 bridgehead atoms. The number of piperazine rings is 1. The van der Waals surface area contributed by atoms with E-state index in [1.807, 2.05) is 38.7 Å². The first-order valence-electron chi connectivity index (χ1n) is 8.57. The highest BCUT2D eigenvalue weighted by atomic mass is 32.2. The van der Waals surface area contributed by atoms with Gasteiger partial charge in [-0.25, -0.2) is 8.42 Å². The molecule has 0 saturated carbocycles. The van der Waals surface area contributed by atoms with Crippen LogP contribution in [0.15, 0.2) is 17.3 Å². The summed E-state index contributed by atoms with van der Waals surface area (Å²) >= 11 is 0. The number of sulfonamides is 1. The van der Waals surface area contributed by atoms with Crippen LogP contribution in [0.5, 0.6) is 0 Å². The van der Waals surface area contributed by atoms with E-state index in [2.05, 4.69) is 15.1 Å². The van der Waals surface area contributed by atoms with Gasteiger partial charge >= 0.3 is 0 Å². The number of aromatic nitrogens is 4. The predicted molar refractivity (Wildman–Crippen MR) is 94.6 cm³/mol. The average molecular weight is 366 g/mol. The molecule has 2 aromatic rings. The quantitative estimate of drug-likeness (QED) is 0.781. The van der Waals surface area contributed by atoms with Gasteiger partial charge in [0.15, 0.2) is 0 Å². The Morgan fingerprint density at radius 3 is 2.36 bits per heavy atom. The molecule has 0 N–H and O–H groups in total. The van der Waals surface area contributed by atoms with Crippen molar-refractivity contribution in [3.05, 3.63) is 29.3 Å². The standard InChI is InChI=1S/C16H26N6O2S/c1-5-22-14(3)16(10-17-22)25(23,24)21-8-6-20(7-9-21)12-15-11-19(4)18-13(15)2/h10-11H,5-9,12H2,1-4H3. The monoisotopic (exact) mass is 366 g/mol. The maximum atomic E-state index is 12.9. The molecule has 0 unspecified atom stereocenters. The van der Waals surface area contributed by atoms with Gasteiger partial charge in [-0.05, 0) is 20.8 Å². The zero-order chi connectivity index (χ0) is 18.2. The van der Waals surface area contributed by atoms with Crippen LogP contribution >= 0.6 is 0 Å². The van der Waals surface area contributed by atoms with E-state index in [1.165, 1.54) is 11.8 Å². The second-order valence-corrected chi connectivity index (χ2v) is 8.41. The van der Waals surface area contributed by atoms with Gasteiger partial charge in [-0.15, -0.1) is 0 Å². The van der Waals surface area contributed by atoms with E-state index in [1.54, 1.807) is 8.99 Å². The number of hydrogen-bond donors (Lipinski definition) is 0. The maximum Gasteiger partial charge on any atom is 0.246 e. The van der Waals surface area contributed by atoms with Crippen LogP contribution in [-0.4, -0.2) is 63.4 Å². The molecule has 25 heavy (non-hydrogen) atoms. The van der Waals surface area contributed by atoms with E-state index in [9.17, 15) is 8.42 Å². The van der Waals surface area contributed by atoms with Crippen molar-refractivity contribution in [3.63, 3.8) is 0 Å². The molecule has 0 aromatic carbocycles. The van der Waals surface area contributed by atoms with Gasteiger partial charge in [0, 0.05) is 58.1 Å². The van der Waals surface area contributed by atoms with Gasteiger partial charge < -0.3 is 0 Å². The molecule has 9 heteroatoms. The Bertz CT molecular complexity index is 846. The second kappa shape index (κ2) is 6.89. The lowest BCUT2D eigenvalue weighted by atomic mass is 10.2. The number of hydrogen-bond acceptors (Lipinski definition) is 5. The third-order valence-electron chi connectivity index (χ3n) is 4.82. The Balaban J connectivity index is 1.67. The van der Waals surface area contributed by atoms with Crippen molar-refractivity contribution in [2.75, 3.05) is 26.2 Å². The summed E-state index contributed by atoms with van der Waals surface area (Å²) in [5, 5.41) is 8.53. The Kier molecular flexibility index (Phi) is 4.99. The molecule has 0 radical (unpaired) electrons.